The van der Waals surface area contributed by atoms with Gasteiger partial charge in [-0.1, -0.05) is 24.3 Å². The van der Waals surface area contributed by atoms with E-state index in [1.807, 2.05) is 18.7 Å². The monoisotopic (exact) mass is 398 g/mol. The first kappa shape index (κ1) is 21.3. The van der Waals surface area contributed by atoms with Crippen LogP contribution >= 0.6 is 0 Å². The maximum atomic E-state index is 5.44. The highest BCUT2D eigenvalue weighted by molar-refractivity contribution is 5.79. The molecule has 1 aliphatic rings. The lowest BCUT2D eigenvalue weighted by Crippen LogP contribution is -2.37. The van der Waals surface area contributed by atoms with Crippen LogP contribution in [0.1, 0.15) is 35.0 Å². The van der Waals surface area contributed by atoms with E-state index in [1.54, 1.807) is 0 Å². The van der Waals surface area contributed by atoms with Gasteiger partial charge in [0.2, 0.25) is 0 Å². The minimum Gasteiger partial charge on any atom is -0.379 e. The fourth-order valence-electron chi connectivity index (χ4n) is 3.60. The third-order valence-corrected chi connectivity index (χ3v) is 5.36. The second kappa shape index (κ2) is 10.4. The average molecular weight is 399 g/mol. The van der Waals surface area contributed by atoms with Crippen LogP contribution in [-0.2, 0) is 31.4 Å². The van der Waals surface area contributed by atoms with E-state index in [-0.39, 0.29) is 0 Å². The van der Waals surface area contributed by atoms with Crippen molar-refractivity contribution < 1.29 is 4.74 Å². The molecule has 1 fully saturated rings. The SMILES string of the molecule is CCNC(=NCc1cccc(CN2CCOCC2)c1)NCc1c(C)nn(C)c1C. The molecule has 2 N–H and O–H groups in total. The Hall–Kier alpha value is -2.38. The summed E-state index contributed by atoms with van der Waals surface area (Å²) in [5, 5.41) is 11.3. The first-order valence-electron chi connectivity index (χ1n) is 10.5. The van der Waals surface area contributed by atoms with E-state index in [9.17, 15) is 0 Å². The zero-order valence-corrected chi connectivity index (χ0v) is 18.2. The Kier molecular flexibility index (Phi) is 7.66. The molecule has 2 aromatic rings. The predicted molar refractivity (Wildman–Crippen MR) is 117 cm³/mol. The lowest BCUT2D eigenvalue weighted by Gasteiger charge is -2.26. The van der Waals surface area contributed by atoms with E-state index in [2.05, 4.69) is 58.7 Å². The molecular formula is C22H34N6O. The molecule has 0 bridgehead atoms. The second-order valence-corrected chi connectivity index (χ2v) is 7.53. The number of morpholine rings is 1. The Morgan fingerprint density at radius 2 is 1.93 bits per heavy atom. The fourth-order valence-corrected chi connectivity index (χ4v) is 3.60. The Balaban J connectivity index is 1.61. The maximum absolute atomic E-state index is 5.44. The van der Waals surface area contributed by atoms with Crippen molar-refractivity contribution in [2.45, 2.75) is 40.4 Å². The lowest BCUT2D eigenvalue weighted by atomic mass is 10.1. The van der Waals surface area contributed by atoms with Crippen molar-refractivity contribution in [2.24, 2.45) is 12.0 Å². The van der Waals surface area contributed by atoms with Crippen molar-refractivity contribution in [3.8, 4) is 0 Å². The van der Waals surface area contributed by atoms with E-state index in [0.29, 0.717) is 13.1 Å². The number of nitrogens with one attached hydrogen (secondary N) is 2. The third kappa shape index (κ3) is 6.05. The molecular weight excluding hydrogens is 364 g/mol. The van der Waals surface area contributed by atoms with Gasteiger partial charge < -0.3 is 15.4 Å². The normalized spacial score (nSPS) is 15.5. The molecule has 158 valence electrons. The summed E-state index contributed by atoms with van der Waals surface area (Å²) in [5.41, 5.74) is 6.03. The minimum absolute atomic E-state index is 0.650. The number of nitrogens with zero attached hydrogens (tertiary/aromatic N) is 4. The summed E-state index contributed by atoms with van der Waals surface area (Å²) < 4.78 is 7.37. The molecule has 3 rings (SSSR count). The number of rotatable bonds is 7. The van der Waals surface area contributed by atoms with Crippen molar-refractivity contribution in [3.63, 3.8) is 0 Å². The summed E-state index contributed by atoms with van der Waals surface area (Å²) in [4.78, 5) is 7.23. The van der Waals surface area contributed by atoms with Gasteiger partial charge >= 0.3 is 0 Å². The summed E-state index contributed by atoms with van der Waals surface area (Å²) in [6.07, 6.45) is 0. The first-order chi connectivity index (χ1) is 14.1. The first-order valence-corrected chi connectivity index (χ1v) is 10.5. The Bertz CT molecular complexity index is 823. The minimum atomic E-state index is 0.650. The van der Waals surface area contributed by atoms with Gasteiger partial charge in [-0.05, 0) is 31.9 Å². The van der Waals surface area contributed by atoms with E-state index in [1.165, 1.54) is 22.4 Å². The zero-order valence-electron chi connectivity index (χ0n) is 18.2. The van der Waals surface area contributed by atoms with E-state index >= 15 is 0 Å². The molecule has 1 aromatic carbocycles. The molecule has 0 unspecified atom stereocenters. The van der Waals surface area contributed by atoms with Gasteiger partial charge in [-0.3, -0.25) is 9.58 Å². The largest absolute Gasteiger partial charge is 0.379 e. The number of hydrogen-bond acceptors (Lipinski definition) is 4. The number of ether oxygens (including phenoxy) is 1. The van der Waals surface area contributed by atoms with Gasteiger partial charge in [0.25, 0.3) is 0 Å². The maximum Gasteiger partial charge on any atom is 0.191 e. The molecule has 0 amide bonds. The number of aromatic nitrogens is 2. The van der Waals surface area contributed by atoms with Gasteiger partial charge in [0.15, 0.2) is 5.96 Å². The van der Waals surface area contributed by atoms with Gasteiger partial charge in [-0.2, -0.15) is 5.10 Å². The number of aliphatic imine (C=N–C) groups is 1. The average Bonchev–Trinajstić information content (AvgIpc) is 2.96. The van der Waals surface area contributed by atoms with Gasteiger partial charge in [0.1, 0.15) is 0 Å². The number of hydrogen-bond donors (Lipinski definition) is 2. The van der Waals surface area contributed by atoms with E-state index in [0.717, 1.165) is 51.0 Å². The summed E-state index contributed by atoms with van der Waals surface area (Å²) in [6, 6.07) is 8.73. The van der Waals surface area contributed by atoms with E-state index < -0.39 is 0 Å². The van der Waals surface area contributed by atoms with Crippen molar-refractivity contribution in [3.05, 3.63) is 52.3 Å². The van der Waals surface area contributed by atoms with Gasteiger partial charge in [0, 0.05) is 51.0 Å². The molecule has 7 nitrogen and oxygen atoms in total. The fraction of sp³-hybridized carbons (Fsp3) is 0.545. The van der Waals surface area contributed by atoms with Crippen LogP contribution in [0, 0.1) is 13.8 Å². The number of guanidine groups is 1. The van der Waals surface area contributed by atoms with Crippen LogP contribution in [0.5, 0.6) is 0 Å². The van der Waals surface area contributed by atoms with Crippen LogP contribution in [0.25, 0.3) is 0 Å². The van der Waals surface area contributed by atoms with Crippen LogP contribution in [0.15, 0.2) is 29.3 Å². The van der Waals surface area contributed by atoms with Gasteiger partial charge in [0.05, 0.1) is 25.5 Å². The molecule has 0 aliphatic carbocycles. The molecule has 1 aliphatic heterocycles. The van der Waals surface area contributed by atoms with Crippen molar-refractivity contribution in [1.29, 1.82) is 0 Å². The second-order valence-electron chi connectivity index (χ2n) is 7.53. The van der Waals surface area contributed by atoms with Crippen LogP contribution in [0.2, 0.25) is 0 Å². The molecule has 0 atom stereocenters. The van der Waals surface area contributed by atoms with Gasteiger partial charge in [-0.15, -0.1) is 0 Å². The van der Waals surface area contributed by atoms with E-state index in [4.69, 9.17) is 9.73 Å². The molecule has 29 heavy (non-hydrogen) atoms. The molecule has 7 heteroatoms. The van der Waals surface area contributed by atoms with Crippen LogP contribution in [0.4, 0.5) is 0 Å². The Morgan fingerprint density at radius 1 is 1.17 bits per heavy atom. The highest BCUT2D eigenvalue weighted by Crippen LogP contribution is 2.12. The highest BCUT2D eigenvalue weighted by Gasteiger charge is 2.11. The summed E-state index contributed by atoms with van der Waals surface area (Å²) in [6.45, 7) is 13.1. The van der Waals surface area contributed by atoms with Crippen LogP contribution < -0.4 is 10.6 Å². The third-order valence-electron chi connectivity index (χ3n) is 5.36. The Morgan fingerprint density at radius 3 is 2.62 bits per heavy atom. The Labute approximate surface area is 174 Å². The molecule has 1 aromatic heterocycles. The topological polar surface area (TPSA) is 66.7 Å². The molecule has 1 saturated heterocycles. The molecule has 0 radical (unpaired) electrons. The molecule has 0 saturated carbocycles. The highest BCUT2D eigenvalue weighted by atomic mass is 16.5. The van der Waals surface area contributed by atoms with Crippen LogP contribution in [0.3, 0.4) is 0 Å². The predicted octanol–water partition coefficient (Wildman–Crippen LogP) is 2.12. The molecule has 2 heterocycles. The van der Waals surface area contributed by atoms with Crippen molar-refractivity contribution >= 4 is 5.96 Å². The number of aryl methyl sites for hydroxylation is 2. The number of benzene rings is 1. The zero-order chi connectivity index (χ0) is 20.6. The smallest absolute Gasteiger partial charge is 0.191 e. The summed E-state index contributed by atoms with van der Waals surface area (Å²) in [7, 11) is 1.98. The van der Waals surface area contributed by atoms with Crippen LogP contribution in [-0.4, -0.2) is 53.5 Å². The molecule has 0 spiro atoms. The quantitative estimate of drug-likeness (QED) is 0.552. The standard InChI is InChI=1S/C22H34N6O/c1-5-23-22(25-15-21-17(2)26-27(4)18(21)3)24-14-19-7-6-8-20(13-19)16-28-9-11-29-12-10-28/h6-8,13H,5,9-12,14-16H2,1-4H3,(H2,23,24,25). The lowest BCUT2D eigenvalue weighted by molar-refractivity contribution is 0.0342. The van der Waals surface area contributed by atoms with Crippen molar-refractivity contribution in [1.82, 2.24) is 25.3 Å². The summed E-state index contributed by atoms with van der Waals surface area (Å²) in [5.74, 6) is 0.828. The summed E-state index contributed by atoms with van der Waals surface area (Å²) >= 11 is 0. The van der Waals surface area contributed by atoms with Crippen molar-refractivity contribution in [2.75, 3.05) is 32.8 Å². The van der Waals surface area contributed by atoms with Gasteiger partial charge in [-0.25, -0.2) is 4.99 Å².